The van der Waals surface area contributed by atoms with Crippen LogP contribution in [0.15, 0.2) is 33.5 Å². The fourth-order valence-corrected chi connectivity index (χ4v) is 4.51. The molecule has 0 spiro atoms. The van der Waals surface area contributed by atoms with Crippen molar-refractivity contribution in [1.82, 2.24) is 19.7 Å². The van der Waals surface area contributed by atoms with Crippen LogP contribution in [0.5, 0.6) is 0 Å². The fourth-order valence-electron chi connectivity index (χ4n) is 4.51. The van der Waals surface area contributed by atoms with Crippen molar-refractivity contribution < 1.29 is 19.1 Å². The van der Waals surface area contributed by atoms with Crippen LogP contribution in [0.25, 0.3) is 11.1 Å². The van der Waals surface area contributed by atoms with E-state index in [1.165, 1.54) is 4.57 Å². The van der Waals surface area contributed by atoms with Crippen molar-refractivity contribution in [1.29, 1.82) is 0 Å². The lowest BCUT2D eigenvalue weighted by atomic mass is 10.0. The van der Waals surface area contributed by atoms with Crippen molar-refractivity contribution in [2.75, 3.05) is 26.7 Å². The molecule has 0 bridgehead atoms. The molecule has 1 aromatic carbocycles. The normalized spacial score (nSPS) is 23.6. The maximum Gasteiger partial charge on any atom is 0.420 e. The first-order valence-corrected chi connectivity index (χ1v) is 9.99. The highest BCUT2D eigenvalue weighted by Gasteiger charge is 2.40. The third-order valence-electron chi connectivity index (χ3n) is 6.02. The smallest absolute Gasteiger partial charge is 0.408 e. The van der Waals surface area contributed by atoms with E-state index in [9.17, 15) is 19.5 Å². The zero-order valence-corrected chi connectivity index (χ0v) is 16.4. The van der Waals surface area contributed by atoms with Crippen LogP contribution >= 0.6 is 0 Å². The minimum Gasteiger partial charge on any atom is -0.408 e. The highest BCUT2D eigenvalue weighted by atomic mass is 16.4. The summed E-state index contributed by atoms with van der Waals surface area (Å²) in [4.78, 5) is 40.8. The van der Waals surface area contributed by atoms with Crippen LogP contribution in [0.2, 0.25) is 0 Å². The van der Waals surface area contributed by atoms with Gasteiger partial charge in [0, 0.05) is 32.7 Å². The van der Waals surface area contributed by atoms with E-state index in [4.69, 9.17) is 4.42 Å². The summed E-state index contributed by atoms with van der Waals surface area (Å²) < 4.78 is 6.56. The van der Waals surface area contributed by atoms with Gasteiger partial charge in [-0.3, -0.25) is 19.1 Å². The summed E-state index contributed by atoms with van der Waals surface area (Å²) in [5.74, 6) is -0.735. The van der Waals surface area contributed by atoms with E-state index in [1.54, 1.807) is 36.2 Å². The third-order valence-corrected chi connectivity index (χ3v) is 6.02. The number of likely N-dealkylation sites (tertiary alicyclic amines) is 2. The summed E-state index contributed by atoms with van der Waals surface area (Å²) in [5.41, 5.74) is 1.08. The number of rotatable bonds is 4. The molecule has 2 amide bonds. The summed E-state index contributed by atoms with van der Waals surface area (Å²) >= 11 is 0. The molecule has 156 valence electrons. The van der Waals surface area contributed by atoms with Crippen LogP contribution in [0.3, 0.4) is 0 Å². The van der Waals surface area contributed by atoms with Gasteiger partial charge in [0.25, 0.3) is 0 Å². The Kier molecular flexibility index (Phi) is 5.42. The number of oxazole rings is 1. The Bertz CT molecular complexity index is 959. The molecule has 3 heterocycles. The molecule has 1 aromatic heterocycles. The molecule has 0 radical (unpaired) electrons. The fraction of sp³-hybridized carbons (Fsp3) is 0.550. The Morgan fingerprint density at radius 1 is 1.24 bits per heavy atom. The Hall–Kier alpha value is -2.65. The number of nitrogens with zero attached hydrogens (tertiary/aromatic N) is 3. The average molecular weight is 402 g/mol. The number of aliphatic hydroxyl groups is 1. The van der Waals surface area contributed by atoms with Crippen molar-refractivity contribution in [3.8, 4) is 0 Å². The number of carbonyl (C=O) groups excluding carboxylic acids is 2. The molecule has 2 aliphatic heterocycles. The van der Waals surface area contributed by atoms with Gasteiger partial charge in [-0.2, -0.15) is 0 Å². The summed E-state index contributed by atoms with van der Waals surface area (Å²) in [6, 6.07) is 6.88. The van der Waals surface area contributed by atoms with Crippen LogP contribution in [0, 0.1) is 0 Å². The zero-order valence-electron chi connectivity index (χ0n) is 16.4. The number of aliphatic hydroxyl groups excluding tert-OH is 1. The molecule has 0 saturated carbocycles. The Morgan fingerprint density at radius 2 is 1.97 bits per heavy atom. The summed E-state index contributed by atoms with van der Waals surface area (Å²) in [5, 5.41) is 12.7. The topological polar surface area (TPSA) is 108 Å². The monoisotopic (exact) mass is 402 g/mol. The van der Waals surface area contributed by atoms with Crippen LogP contribution in [0.1, 0.15) is 19.3 Å². The first-order valence-electron chi connectivity index (χ1n) is 9.99. The molecule has 2 aliphatic rings. The molecule has 0 aliphatic carbocycles. The number of fused-ring (bicyclic) bond motifs is 1. The summed E-state index contributed by atoms with van der Waals surface area (Å²) in [6.07, 6.45) is 1.40. The maximum absolute atomic E-state index is 12.8. The van der Waals surface area contributed by atoms with Crippen LogP contribution in [0.4, 0.5) is 0 Å². The summed E-state index contributed by atoms with van der Waals surface area (Å²) in [6.45, 7) is 1.54. The van der Waals surface area contributed by atoms with E-state index in [-0.39, 0.29) is 30.4 Å². The first-order chi connectivity index (χ1) is 14.0. The number of piperidine rings is 1. The van der Waals surface area contributed by atoms with Gasteiger partial charge in [0.1, 0.15) is 6.54 Å². The van der Waals surface area contributed by atoms with Gasteiger partial charge in [-0.05, 0) is 31.4 Å². The van der Waals surface area contributed by atoms with Crippen LogP contribution < -0.4 is 11.1 Å². The van der Waals surface area contributed by atoms with Crippen LogP contribution in [-0.4, -0.2) is 76.2 Å². The van der Waals surface area contributed by atoms with Gasteiger partial charge in [0.05, 0.1) is 17.7 Å². The SMILES string of the molecule is CNC(=O)[C@@H]1C[C@@H](O)CN1C1CCN(C(=O)Cn2c(=O)oc3ccccc32)CC1. The highest BCUT2D eigenvalue weighted by Crippen LogP contribution is 2.26. The van der Waals surface area contributed by atoms with Gasteiger partial charge in [-0.15, -0.1) is 0 Å². The van der Waals surface area contributed by atoms with Crippen molar-refractivity contribution in [3.63, 3.8) is 0 Å². The Morgan fingerprint density at radius 3 is 2.69 bits per heavy atom. The average Bonchev–Trinajstić information content (AvgIpc) is 3.27. The number of para-hydroxylation sites is 2. The van der Waals surface area contributed by atoms with Crippen molar-refractivity contribution in [2.24, 2.45) is 0 Å². The van der Waals surface area contributed by atoms with E-state index in [1.807, 2.05) is 0 Å². The number of benzene rings is 1. The quantitative estimate of drug-likeness (QED) is 0.731. The molecule has 9 heteroatoms. The number of amides is 2. The second-order valence-electron chi connectivity index (χ2n) is 7.75. The van der Waals surface area contributed by atoms with E-state index < -0.39 is 11.9 Å². The highest BCUT2D eigenvalue weighted by molar-refractivity contribution is 5.82. The Labute approximate surface area is 167 Å². The maximum atomic E-state index is 12.8. The lowest BCUT2D eigenvalue weighted by molar-refractivity contribution is -0.134. The first kappa shape index (κ1) is 19.7. The summed E-state index contributed by atoms with van der Waals surface area (Å²) in [7, 11) is 1.61. The second-order valence-corrected chi connectivity index (χ2v) is 7.75. The van der Waals surface area contributed by atoms with E-state index >= 15 is 0 Å². The molecule has 29 heavy (non-hydrogen) atoms. The number of nitrogens with one attached hydrogen (secondary N) is 1. The lowest BCUT2D eigenvalue weighted by Gasteiger charge is -2.38. The molecule has 2 saturated heterocycles. The zero-order chi connectivity index (χ0) is 20.5. The minimum atomic E-state index is -0.533. The van der Waals surface area contributed by atoms with Gasteiger partial charge in [-0.1, -0.05) is 12.1 Å². The molecular weight excluding hydrogens is 376 g/mol. The number of β-amino-alcohol motifs (C(OH)–C–C–N with tert-alkyl or cyclic N) is 1. The Balaban J connectivity index is 1.39. The van der Waals surface area contributed by atoms with Gasteiger partial charge in [0.15, 0.2) is 5.58 Å². The molecule has 2 fully saturated rings. The number of likely N-dealkylation sites (N-methyl/N-ethyl adjacent to an activating group) is 1. The van der Waals surface area contributed by atoms with Gasteiger partial charge in [0.2, 0.25) is 11.8 Å². The third kappa shape index (κ3) is 3.79. The van der Waals surface area contributed by atoms with Gasteiger partial charge < -0.3 is 19.7 Å². The predicted molar refractivity (Wildman–Crippen MR) is 105 cm³/mol. The standard InChI is InChI=1S/C20H26N4O5/c1-21-19(27)16-10-14(25)11-23(16)13-6-8-22(9-7-13)18(26)12-24-15-4-2-3-5-17(15)29-20(24)28/h2-5,13-14,16,25H,6-12H2,1H3,(H,21,27)/t14-,16+/m1/s1. The van der Waals surface area contributed by atoms with Gasteiger partial charge >= 0.3 is 5.76 Å². The van der Waals surface area contributed by atoms with Crippen molar-refractivity contribution in [3.05, 3.63) is 34.8 Å². The number of hydrogen-bond acceptors (Lipinski definition) is 6. The molecule has 9 nitrogen and oxygen atoms in total. The molecule has 2 aromatic rings. The number of carbonyl (C=O) groups is 2. The van der Waals surface area contributed by atoms with Gasteiger partial charge in [-0.25, -0.2) is 4.79 Å². The van der Waals surface area contributed by atoms with E-state index in [0.717, 1.165) is 12.8 Å². The molecule has 0 unspecified atom stereocenters. The van der Waals surface area contributed by atoms with Crippen molar-refractivity contribution in [2.45, 2.75) is 44.0 Å². The number of aromatic nitrogens is 1. The van der Waals surface area contributed by atoms with Crippen molar-refractivity contribution >= 4 is 22.9 Å². The van der Waals surface area contributed by atoms with E-state index in [0.29, 0.717) is 37.2 Å². The largest absolute Gasteiger partial charge is 0.420 e. The lowest BCUT2D eigenvalue weighted by Crippen LogP contribution is -2.52. The minimum absolute atomic E-state index is 0.0518. The molecular formula is C20H26N4O5. The second kappa shape index (κ2) is 8.00. The van der Waals surface area contributed by atoms with E-state index in [2.05, 4.69) is 10.2 Å². The molecule has 2 atom stereocenters. The number of hydrogen-bond donors (Lipinski definition) is 2. The predicted octanol–water partition coefficient (Wildman–Crippen LogP) is -0.233. The molecule has 2 N–H and O–H groups in total. The van der Waals surface area contributed by atoms with Crippen LogP contribution in [-0.2, 0) is 16.1 Å². The molecule has 4 rings (SSSR count).